The zero-order valence-electron chi connectivity index (χ0n) is 17.7. The van der Waals surface area contributed by atoms with Crippen LogP contribution >= 0.6 is 14.7 Å². The van der Waals surface area contributed by atoms with Crippen molar-refractivity contribution < 1.29 is 32.9 Å². The summed E-state index contributed by atoms with van der Waals surface area (Å²) in [6, 6.07) is 0. The molecule has 3 heterocycles. The number of carbonyl (C=O) groups is 1. The molecule has 2 bridgehead atoms. The van der Waals surface area contributed by atoms with Crippen LogP contribution in [0.5, 0.6) is 0 Å². The SMILES string of the molecule is CCOP1(=O)C2C(C)(C)C1(N(OC(C)(C)C(=O)O)C(C)(C)C)P2(=O)OCC. The summed E-state index contributed by atoms with van der Waals surface area (Å²) in [6.07, 6.45) is 0. The van der Waals surface area contributed by atoms with Crippen LogP contribution in [0.3, 0.4) is 0 Å². The van der Waals surface area contributed by atoms with Gasteiger partial charge in [-0.3, -0.25) is 14.0 Å². The van der Waals surface area contributed by atoms with Crippen LogP contribution < -0.4 is 0 Å². The number of hydrogen-bond acceptors (Lipinski definition) is 7. The fourth-order valence-electron chi connectivity index (χ4n) is 4.53. The first-order valence-electron chi connectivity index (χ1n) is 9.24. The molecule has 10 heteroatoms. The Bertz CT molecular complexity index is 697. The molecule has 0 amide bonds. The molecular weight excluding hydrogens is 392 g/mol. The molecule has 3 fully saturated rings. The summed E-state index contributed by atoms with van der Waals surface area (Å²) in [5.41, 5.74) is -3.12. The number of rotatable bonds is 8. The lowest BCUT2D eigenvalue weighted by atomic mass is 9.89. The normalized spacial score (nSPS) is 37.6. The first kappa shape index (κ1) is 23.1. The highest BCUT2D eigenvalue weighted by Crippen LogP contribution is 3.12. The number of nitrogens with zero attached hydrogens (tertiary/aromatic N) is 1. The van der Waals surface area contributed by atoms with E-state index in [0.717, 1.165) is 0 Å². The number of carboxylic acids is 1. The molecule has 3 aliphatic heterocycles. The van der Waals surface area contributed by atoms with Gasteiger partial charge >= 0.3 is 5.97 Å². The Morgan fingerprint density at radius 3 is 1.70 bits per heavy atom. The van der Waals surface area contributed by atoms with Gasteiger partial charge < -0.3 is 14.2 Å². The smallest absolute Gasteiger partial charge is 0.337 e. The first-order valence-corrected chi connectivity index (χ1v) is 12.6. The Hall–Kier alpha value is -0.230. The van der Waals surface area contributed by atoms with Gasteiger partial charge in [-0.05, 0) is 48.5 Å². The monoisotopic (exact) mass is 425 g/mol. The van der Waals surface area contributed by atoms with Gasteiger partial charge in [-0.1, -0.05) is 13.8 Å². The fraction of sp³-hybridized carbons (Fsp3) is 0.941. The van der Waals surface area contributed by atoms with Gasteiger partial charge in [0, 0.05) is 11.0 Å². The molecule has 1 N–H and O–H groups in total. The molecule has 0 aromatic carbocycles. The van der Waals surface area contributed by atoms with Gasteiger partial charge in [0.2, 0.25) is 19.8 Å². The largest absolute Gasteiger partial charge is 0.479 e. The molecule has 2 unspecified atom stereocenters. The topological polar surface area (TPSA) is 102 Å². The van der Waals surface area contributed by atoms with E-state index in [2.05, 4.69) is 0 Å². The zero-order chi connectivity index (χ0) is 21.3. The Morgan fingerprint density at radius 2 is 1.44 bits per heavy atom. The number of hydrogen-bond donors (Lipinski definition) is 1. The summed E-state index contributed by atoms with van der Waals surface area (Å²) in [5.74, 6) is -1.18. The van der Waals surface area contributed by atoms with E-state index in [0.29, 0.717) is 0 Å². The molecule has 3 rings (SSSR count). The molecule has 8 nitrogen and oxygen atoms in total. The van der Waals surface area contributed by atoms with Crippen LogP contribution in [0.15, 0.2) is 0 Å². The van der Waals surface area contributed by atoms with Crippen molar-refractivity contribution >= 4 is 20.7 Å². The molecule has 27 heavy (non-hydrogen) atoms. The van der Waals surface area contributed by atoms with Crippen molar-refractivity contribution in [3.63, 3.8) is 0 Å². The molecule has 0 aliphatic carbocycles. The molecule has 2 atom stereocenters. The number of hydroxylamine groups is 2. The summed E-state index contributed by atoms with van der Waals surface area (Å²) in [4.78, 5) is 17.7. The minimum Gasteiger partial charge on any atom is -0.479 e. The minimum absolute atomic E-state index is 0.192. The van der Waals surface area contributed by atoms with Gasteiger partial charge in [0.25, 0.3) is 0 Å². The summed E-state index contributed by atoms with van der Waals surface area (Å²) in [5, 5.41) is 8.70. The summed E-state index contributed by atoms with van der Waals surface area (Å²) in [7, 11) is -6.88. The second-order valence-electron chi connectivity index (χ2n) is 9.13. The van der Waals surface area contributed by atoms with Crippen LogP contribution in [0.1, 0.15) is 62.3 Å². The Kier molecular flexibility index (Phi) is 5.45. The third-order valence-corrected chi connectivity index (χ3v) is 16.0. The van der Waals surface area contributed by atoms with Crippen molar-refractivity contribution in [1.82, 2.24) is 5.06 Å². The van der Waals surface area contributed by atoms with E-state index in [1.807, 2.05) is 13.8 Å². The van der Waals surface area contributed by atoms with Crippen molar-refractivity contribution in [3.8, 4) is 0 Å². The van der Waals surface area contributed by atoms with E-state index in [9.17, 15) is 19.0 Å². The third kappa shape index (κ3) is 2.54. The van der Waals surface area contributed by atoms with Crippen LogP contribution in [0.2, 0.25) is 0 Å². The lowest BCUT2D eigenvalue weighted by Gasteiger charge is -2.81. The van der Waals surface area contributed by atoms with Crippen LogP contribution in [-0.4, -0.2) is 50.9 Å². The fourth-order valence-corrected chi connectivity index (χ4v) is 16.3. The third-order valence-electron chi connectivity index (χ3n) is 5.39. The number of carboxylic acid groups (broad SMARTS) is 1. The molecule has 3 aliphatic rings. The first-order chi connectivity index (χ1) is 12.0. The lowest BCUT2D eigenvalue weighted by molar-refractivity contribution is -0.313. The molecule has 0 aromatic rings. The van der Waals surface area contributed by atoms with E-state index < -0.39 is 47.7 Å². The highest BCUT2D eigenvalue weighted by Gasteiger charge is 3.02. The molecule has 0 radical (unpaired) electrons. The molecule has 0 spiro atoms. The van der Waals surface area contributed by atoms with E-state index in [1.165, 1.54) is 18.9 Å². The molecular formula is C17H33NO7P2. The van der Waals surface area contributed by atoms with E-state index in [4.69, 9.17) is 13.9 Å². The molecule has 0 aromatic heterocycles. The van der Waals surface area contributed by atoms with Gasteiger partial charge in [-0.15, -0.1) is 0 Å². The van der Waals surface area contributed by atoms with Crippen LogP contribution in [0, 0.1) is 5.41 Å². The maximum absolute atomic E-state index is 13.9. The Balaban J connectivity index is 2.72. The molecule has 158 valence electrons. The van der Waals surface area contributed by atoms with Gasteiger partial charge in [-0.25, -0.2) is 4.79 Å². The van der Waals surface area contributed by atoms with E-state index in [-0.39, 0.29) is 13.2 Å². The van der Waals surface area contributed by atoms with Gasteiger partial charge in [0.1, 0.15) is 5.40 Å². The maximum Gasteiger partial charge on any atom is 0.337 e. The van der Waals surface area contributed by atoms with E-state index >= 15 is 0 Å². The molecule has 0 saturated carbocycles. The van der Waals surface area contributed by atoms with Crippen molar-refractivity contribution in [1.29, 1.82) is 0 Å². The Labute approximate surface area is 161 Å². The molecule has 3 saturated heterocycles. The van der Waals surface area contributed by atoms with Crippen molar-refractivity contribution in [2.24, 2.45) is 5.41 Å². The standard InChI is InChI=1S/C17H33NO7P2/c1-10-23-26(21)13-15(6,7)17(26,27(13,22)24-11-2)18(14(3,4)5)25-16(8,9)12(19)20/h13H,10-11H2,1-9H3,(H,19,20). The summed E-state index contributed by atoms with van der Waals surface area (Å²) in [6.45, 7) is 15.8. The average molecular weight is 425 g/mol. The highest BCUT2D eigenvalue weighted by atomic mass is 31.3. The van der Waals surface area contributed by atoms with Crippen LogP contribution in [0.25, 0.3) is 0 Å². The maximum atomic E-state index is 13.9. The van der Waals surface area contributed by atoms with Gasteiger partial charge in [0.15, 0.2) is 5.60 Å². The second-order valence-corrected chi connectivity index (χ2v) is 15.1. The van der Waals surface area contributed by atoms with Crippen molar-refractivity contribution in [2.75, 3.05) is 13.2 Å². The zero-order valence-corrected chi connectivity index (χ0v) is 19.5. The van der Waals surface area contributed by atoms with Crippen LogP contribution in [0.4, 0.5) is 0 Å². The highest BCUT2D eigenvalue weighted by molar-refractivity contribution is 7.98. The lowest BCUT2D eigenvalue weighted by Crippen LogP contribution is -2.83. The predicted molar refractivity (Wildman–Crippen MR) is 103 cm³/mol. The van der Waals surface area contributed by atoms with Gasteiger partial charge in [0.05, 0.1) is 13.2 Å². The van der Waals surface area contributed by atoms with Crippen molar-refractivity contribution in [3.05, 3.63) is 0 Å². The van der Waals surface area contributed by atoms with E-state index in [1.54, 1.807) is 34.6 Å². The minimum atomic E-state index is -3.44. The quantitative estimate of drug-likeness (QED) is 0.447. The average Bonchev–Trinajstić information content (AvgIpc) is 2.44. The predicted octanol–water partition coefficient (Wildman–Crippen LogP) is 4.54. The van der Waals surface area contributed by atoms with Gasteiger partial charge in [-0.2, -0.15) is 5.06 Å². The number of aliphatic carboxylic acids is 1. The van der Waals surface area contributed by atoms with Crippen molar-refractivity contribution in [2.45, 2.75) is 83.9 Å². The second kappa shape index (κ2) is 6.38. The summed E-state index contributed by atoms with van der Waals surface area (Å²) >= 11 is 0. The van der Waals surface area contributed by atoms with Crippen LogP contribution in [-0.2, 0) is 27.8 Å². The summed E-state index contributed by atoms with van der Waals surface area (Å²) < 4.78 is 39.1. The Morgan fingerprint density at radius 1 is 1.04 bits per heavy atom.